The van der Waals surface area contributed by atoms with Crippen molar-refractivity contribution < 1.29 is 9.59 Å². The van der Waals surface area contributed by atoms with Crippen LogP contribution in [0.5, 0.6) is 0 Å². The molecule has 168 valence electrons. The molecule has 0 bridgehead atoms. The normalized spacial score (nSPS) is 11.9. The highest BCUT2D eigenvalue weighted by molar-refractivity contribution is 6.30. The molecule has 0 aliphatic rings. The van der Waals surface area contributed by atoms with Crippen molar-refractivity contribution in [2.45, 2.75) is 71.9 Å². The fraction of sp³-hybridized carbons (Fsp3) is 0.462. The third-order valence-corrected chi connectivity index (χ3v) is 5.79. The summed E-state index contributed by atoms with van der Waals surface area (Å²) in [4.78, 5) is 27.5. The third kappa shape index (κ3) is 8.02. The van der Waals surface area contributed by atoms with E-state index in [0.29, 0.717) is 36.9 Å². The smallest absolute Gasteiger partial charge is 0.242 e. The standard InChI is InChI=1S/C26H35ClN2O2/c1-5-6-17-28-26(31)20(4)29(18-22-9-14-24(27)15-10-22)25(30)16-11-21-7-12-23(13-8-21)19(2)3/h7-10,12-15,19-20H,5-6,11,16-18H2,1-4H3,(H,28,31)/t20-/m1/s1. The van der Waals surface area contributed by atoms with Gasteiger partial charge in [-0.25, -0.2) is 0 Å². The Balaban J connectivity index is 2.08. The van der Waals surface area contributed by atoms with Gasteiger partial charge in [0.05, 0.1) is 0 Å². The van der Waals surface area contributed by atoms with Crippen molar-refractivity contribution in [1.82, 2.24) is 10.2 Å². The van der Waals surface area contributed by atoms with E-state index in [1.54, 1.807) is 11.8 Å². The van der Waals surface area contributed by atoms with Crippen LogP contribution in [-0.2, 0) is 22.6 Å². The number of halogens is 1. The monoisotopic (exact) mass is 442 g/mol. The van der Waals surface area contributed by atoms with Gasteiger partial charge in [0.15, 0.2) is 0 Å². The first-order valence-electron chi connectivity index (χ1n) is 11.2. The molecule has 0 spiro atoms. The highest BCUT2D eigenvalue weighted by atomic mass is 35.5. The minimum Gasteiger partial charge on any atom is -0.354 e. The average Bonchev–Trinajstić information content (AvgIpc) is 2.77. The number of carbonyl (C=O) groups is 2. The van der Waals surface area contributed by atoms with Crippen LogP contribution in [-0.4, -0.2) is 29.3 Å². The molecule has 0 aliphatic heterocycles. The van der Waals surface area contributed by atoms with Crippen molar-refractivity contribution in [3.63, 3.8) is 0 Å². The van der Waals surface area contributed by atoms with Crippen molar-refractivity contribution in [3.8, 4) is 0 Å². The topological polar surface area (TPSA) is 49.4 Å². The van der Waals surface area contributed by atoms with E-state index in [2.05, 4.69) is 50.4 Å². The van der Waals surface area contributed by atoms with Gasteiger partial charge in [0.2, 0.25) is 11.8 Å². The molecular formula is C26H35ClN2O2. The molecule has 5 heteroatoms. The van der Waals surface area contributed by atoms with E-state index in [1.807, 2.05) is 24.3 Å². The molecule has 0 fully saturated rings. The summed E-state index contributed by atoms with van der Waals surface area (Å²) >= 11 is 6.00. The Morgan fingerprint density at radius 3 is 2.16 bits per heavy atom. The van der Waals surface area contributed by atoms with E-state index in [0.717, 1.165) is 24.0 Å². The quantitative estimate of drug-likeness (QED) is 0.452. The minimum absolute atomic E-state index is 0.0268. The molecule has 0 aliphatic carbocycles. The summed E-state index contributed by atoms with van der Waals surface area (Å²) in [5.74, 6) is 0.343. The number of amides is 2. The van der Waals surface area contributed by atoms with E-state index in [9.17, 15) is 9.59 Å². The van der Waals surface area contributed by atoms with Crippen LogP contribution in [0.25, 0.3) is 0 Å². The highest BCUT2D eigenvalue weighted by Crippen LogP contribution is 2.18. The van der Waals surface area contributed by atoms with Crippen molar-refractivity contribution in [2.24, 2.45) is 0 Å². The minimum atomic E-state index is -0.539. The number of nitrogens with zero attached hydrogens (tertiary/aromatic N) is 1. The molecule has 0 heterocycles. The zero-order valence-electron chi connectivity index (χ0n) is 19.2. The zero-order chi connectivity index (χ0) is 22.8. The third-order valence-electron chi connectivity index (χ3n) is 5.54. The maximum absolute atomic E-state index is 13.2. The van der Waals surface area contributed by atoms with Crippen molar-refractivity contribution in [2.75, 3.05) is 6.54 Å². The lowest BCUT2D eigenvalue weighted by Gasteiger charge is -2.29. The van der Waals surface area contributed by atoms with Gasteiger partial charge in [0.1, 0.15) is 6.04 Å². The molecule has 0 saturated heterocycles. The Morgan fingerprint density at radius 1 is 0.968 bits per heavy atom. The summed E-state index contributed by atoms with van der Waals surface area (Å²) in [5, 5.41) is 3.60. The summed E-state index contributed by atoms with van der Waals surface area (Å²) in [7, 11) is 0. The molecule has 0 unspecified atom stereocenters. The Kier molecular flexibility index (Phi) is 10.1. The van der Waals surface area contributed by atoms with E-state index in [4.69, 9.17) is 11.6 Å². The number of aryl methyl sites for hydroxylation is 1. The summed E-state index contributed by atoms with van der Waals surface area (Å²) < 4.78 is 0. The Hall–Kier alpha value is -2.33. The maximum Gasteiger partial charge on any atom is 0.242 e. The molecule has 2 amide bonds. The molecule has 1 atom stereocenters. The second kappa shape index (κ2) is 12.5. The van der Waals surface area contributed by atoms with Gasteiger partial charge >= 0.3 is 0 Å². The van der Waals surface area contributed by atoms with Crippen LogP contribution in [0.3, 0.4) is 0 Å². The largest absolute Gasteiger partial charge is 0.354 e. The predicted molar refractivity (Wildman–Crippen MR) is 128 cm³/mol. The van der Waals surface area contributed by atoms with Crippen LogP contribution in [0.4, 0.5) is 0 Å². The van der Waals surface area contributed by atoms with Crippen molar-refractivity contribution >= 4 is 23.4 Å². The Morgan fingerprint density at radius 2 is 1.58 bits per heavy atom. The summed E-state index contributed by atoms with van der Waals surface area (Å²) in [6, 6.07) is 15.3. The number of nitrogens with one attached hydrogen (secondary N) is 1. The first kappa shape index (κ1) is 24.9. The van der Waals surface area contributed by atoms with Gasteiger partial charge in [0.25, 0.3) is 0 Å². The molecule has 1 N–H and O–H groups in total. The average molecular weight is 443 g/mol. The SMILES string of the molecule is CCCCNC(=O)[C@@H](C)N(Cc1ccc(Cl)cc1)C(=O)CCc1ccc(C(C)C)cc1. The van der Waals surface area contributed by atoms with Gasteiger partial charge in [-0.3, -0.25) is 9.59 Å². The van der Waals surface area contributed by atoms with E-state index < -0.39 is 6.04 Å². The van der Waals surface area contributed by atoms with Gasteiger partial charge in [-0.05, 0) is 54.5 Å². The molecule has 2 aromatic rings. The number of hydrogen-bond donors (Lipinski definition) is 1. The van der Waals surface area contributed by atoms with Crippen molar-refractivity contribution in [1.29, 1.82) is 0 Å². The number of benzene rings is 2. The van der Waals surface area contributed by atoms with Gasteiger partial charge in [-0.2, -0.15) is 0 Å². The van der Waals surface area contributed by atoms with Crippen LogP contribution < -0.4 is 5.32 Å². The maximum atomic E-state index is 13.2. The molecular weight excluding hydrogens is 408 g/mol. The number of hydrogen-bond acceptors (Lipinski definition) is 2. The first-order chi connectivity index (χ1) is 14.8. The lowest BCUT2D eigenvalue weighted by molar-refractivity contribution is -0.140. The van der Waals surface area contributed by atoms with Gasteiger partial charge < -0.3 is 10.2 Å². The number of rotatable bonds is 11. The van der Waals surface area contributed by atoms with Crippen LogP contribution in [0.1, 0.15) is 69.6 Å². The lowest BCUT2D eigenvalue weighted by atomic mass is 10.00. The lowest BCUT2D eigenvalue weighted by Crippen LogP contribution is -2.47. The molecule has 4 nitrogen and oxygen atoms in total. The fourth-order valence-electron chi connectivity index (χ4n) is 3.37. The molecule has 2 rings (SSSR count). The zero-order valence-corrected chi connectivity index (χ0v) is 19.9. The number of unbranched alkanes of at least 4 members (excludes halogenated alkanes) is 1. The second-order valence-corrected chi connectivity index (χ2v) is 8.80. The highest BCUT2D eigenvalue weighted by Gasteiger charge is 2.25. The predicted octanol–water partition coefficient (Wildman–Crippen LogP) is 5.73. The first-order valence-corrected chi connectivity index (χ1v) is 11.6. The second-order valence-electron chi connectivity index (χ2n) is 8.36. The van der Waals surface area contributed by atoms with Gasteiger partial charge in [-0.15, -0.1) is 0 Å². The van der Waals surface area contributed by atoms with Gasteiger partial charge in [0, 0.05) is 24.5 Å². The number of carbonyl (C=O) groups excluding carboxylic acids is 2. The molecule has 0 saturated carbocycles. The molecule has 0 radical (unpaired) electrons. The van der Waals surface area contributed by atoms with Crippen LogP contribution >= 0.6 is 11.6 Å². The summed E-state index contributed by atoms with van der Waals surface area (Å²) in [5.41, 5.74) is 3.37. The van der Waals surface area contributed by atoms with E-state index in [1.165, 1.54) is 5.56 Å². The molecule has 0 aromatic heterocycles. The molecule has 2 aromatic carbocycles. The van der Waals surface area contributed by atoms with Gasteiger partial charge in [-0.1, -0.05) is 75.2 Å². The summed E-state index contributed by atoms with van der Waals surface area (Å²) in [6.45, 7) is 9.22. The van der Waals surface area contributed by atoms with E-state index >= 15 is 0 Å². The van der Waals surface area contributed by atoms with Crippen LogP contribution in [0.15, 0.2) is 48.5 Å². The van der Waals surface area contributed by atoms with Crippen molar-refractivity contribution in [3.05, 3.63) is 70.2 Å². The summed E-state index contributed by atoms with van der Waals surface area (Å²) in [6.07, 6.45) is 2.95. The van der Waals surface area contributed by atoms with E-state index in [-0.39, 0.29) is 11.8 Å². The fourth-order valence-corrected chi connectivity index (χ4v) is 3.50. The Bertz CT molecular complexity index is 831. The Labute approximate surface area is 192 Å². The van der Waals surface area contributed by atoms with Crippen LogP contribution in [0, 0.1) is 0 Å². The molecule has 31 heavy (non-hydrogen) atoms. The van der Waals surface area contributed by atoms with Crippen LogP contribution in [0.2, 0.25) is 5.02 Å².